The number of aliphatic hydroxyl groups is 2. The molecule has 2 aromatic carbocycles. The molecule has 1 atom stereocenters. The monoisotopic (exact) mass is 270 g/mol. The van der Waals surface area contributed by atoms with Gasteiger partial charge < -0.3 is 10.2 Å². The van der Waals surface area contributed by atoms with Crippen LogP contribution in [0.15, 0.2) is 60.7 Å². The first-order valence-corrected chi connectivity index (χ1v) is 7.06. The van der Waals surface area contributed by atoms with Crippen molar-refractivity contribution < 1.29 is 10.2 Å². The van der Waals surface area contributed by atoms with Gasteiger partial charge in [0, 0.05) is 0 Å². The zero-order valence-corrected chi connectivity index (χ0v) is 12.0. The summed E-state index contributed by atoms with van der Waals surface area (Å²) < 4.78 is 0. The van der Waals surface area contributed by atoms with Crippen molar-refractivity contribution in [1.82, 2.24) is 0 Å². The van der Waals surface area contributed by atoms with E-state index in [4.69, 9.17) is 0 Å². The summed E-state index contributed by atoms with van der Waals surface area (Å²) in [6.07, 6.45) is -0.299. The highest BCUT2D eigenvalue weighted by molar-refractivity contribution is 5.37. The van der Waals surface area contributed by atoms with Crippen molar-refractivity contribution in [2.75, 3.05) is 0 Å². The Morgan fingerprint density at radius 1 is 0.850 bits per heavy atom. The van der Waals surface area contributed by atoms with Crippen molar-refractivity contribution in [3.05, 3.63) is 71.8 Å². The van der Waals surface area contributed by atoms with Crippen molar-refractivity contribution in [3.63, 3.8) is 0 Å². The lowest BCUT2D eigenvalue weighted by molar-refractivity contribution is -0.0584. The maximum absolute atomic E-state index is 11.2. The van der Waals surface area contributed by atoms with Crippen LogP contribution in [-0.4, -0.2) is 16.3 Å². The topological polar surface area (TPSA) is 40.5 Å². The molecule has 20 heavy (non-hydrogen) atoms. The molecule has 2 rings (SSSR count). The fourth-order valence-electron chi connectivity index (χ4n) is 2.55. The third-order valence-electron chi connectivity index (χ3n) is 3.60. The van der Waals surface area contributed by atoms with E-state index in [0.29, 0.717) is 12.3 Å². The lowest BCUT2D eigenvalue weighted by atomic mass is 9.79. The summed E-state index contributed by atoms with van der Waals surface area (Å²) in [7, 11) is 0. The number of benzene rings is 2. The molecule has 0 saturated heterocycles. The van der Waals surface area contributed by atoms with Crippen molar-refractivity contribution in [3.8, 4) is 0 Å². The van der Waals surface area contributed by atoms with Crippen molar-refractivity contribution in [1.29, 1.82) is 0 Å². The molecule has 0 fully saturated rings. The minimum atomic E-state index is -1.37. The summed E-state index contributed by atoms with van der Waals surface area (Å²) in [5, 5.41) is 21.8. The van der Waals surface area contributed by atoms with Crippen molar-refractivity contribution in [2.45, 2.75) is 32.0 Å². The molecule has 106 valence electrons. The molecule has 0 aromatic heterocycles. The molecule has 2 aromatic rings. The Bertz CT molecular complexity index is 480. The summed E-state index contributed by atoms with van der Waals surface area (Å²) in [5.74, 6) is 0.309. The van der Waals surface area contributed by atoms with E-state index in [9.17, 15) is 10.2 Å². The average molecular weight is 270 g/mol. The molecule has 2 heteroatoms. The highest BCUT2D eigenvalue weighted by atomic mass is 16.3. The van der Waals surface area contributed by atoms with E-state index in [1.54, 1.807) is 0 Å². The first kappa shape index (κ1) is 14.8. The Morgan fingerprint density at radius 2 is 1.25 bits per heavy atom. The third-order valence-corrected chi connectivity index (χ3v) is 3.60. The van der Waals surface area contributed by atoms with E-state index in [1.807, 2.05) is 74.5 Å². The number of rotatable bonds is 5. The van der Waals surface area contributed by atoms with E-state index in [-0.39, 0.29) is 0 Å². The van der Waals surface area contributed by atoms with Gasteiger partial charge in [0.25, 0.3) is 0 Å². The van der Waals surface area contributed by atoms with Crippen LogP contribution in [0.2, 0.25) is 0 Å². The second-order valence-corrected chi connectivity index (χ2v) is 5.64. The molecule has 0 amide bonds. The van der Waals surface area contributed by atoms with Gasteiger partial charge in [-0.05, 0) is 23.5 Å². The van der Waals surface area contributed by atoms with Gasteiger partial charge in [0.05, 0.1) is 6.10 Å². The normalized spacial score (nSPS) is 13.4. The Kier molecular flexibility index (Phi) is 4.58. The largest absolute Gasteiger partial charge is 0.389 e. The Labute approximate surface area is 120 Å². The standard InChI is InChI=1S/C18H22O2/c1-14(2)13-17(19)18(20,15-9-5-3-6-10-15)16-11-7-4-8-12-16/h3-12,14,17,19-20H,13H2,1-2H3. The van der Waals surface area contributed by atoms with Crippen molar-refractivity contribution >= 4 is 0 Å². The maximum Gasteiger partial charge on any atom is 0.140 e. The molecule has 0 heterocycles. The molecule has 0 saturated carbocycles. The highest BCUT2D eigenvalue weighted by Gasteiger charge is 2.39. The van der Waals surface area contributed by atoms with Crippen LogP contribution in [0, 0.1) is 5.92 Å². The first-order valence-electron chi connectivity index (χ1n) is 7.06. The quantitative estimate of drug-likeness (QED) is 0.875. The maximum atomic E-state index is 11.2. The van der Waals surface area contributed by atoms with Crippen LogP contribution in [0.4, 0.5) is 0 Å². The number of hydrogen-bond donors (Lipinski definition) is 2. The Balaban J connectivity index is 2.49. The first-order chi connectivity index (χ1) is 9.55. The van der Waals surface area contributed by atoms with Gasteiger partial charge >= 0.3 is 0 Å². The zero-order chi connectivity index (χ0) is 14.6. The van der Waals surface area contributed by atoms with E-state index < -0.39 is 11.7 Å². The number of hydrogen-bond acceptors (Lipinski definition) is 2. The molecule has 0 spiro atoms. The zero-order valence-electron chi connectivity index (χ0n) is 12.0. The van der Waals surface area contributed by atoms with Crippen LogP contribution in [0.3, 0.4) is 0 Å². The molecular formula is C18H22O2. The average Bonchev–Trinajstić information content (AvgIpc) is 2.47. The summed E-state index contributed by atoms with van der Waals surface area (Å²) in [5.41, 5.74) is 0.0750. The van der Waals surface area contributed by atoms with E-state index in [1.165, 1.54) is 0 Å². The Hall–Kier alpha value is -1.64. The smallest absolute Gasteiger partial charge is 0.140 e. The van der Waals surface area contributed by atoms with Gasteiger partial charge in [0.15, 0.2) is 0 Å². The molecule has 1 unspecified atom stereocenters. The van der Waals surface area contributed by atoms with Crippen LogP contribution in [0.1, 0.15) is 31.4 Å². The minimum absolute atomic E-state index is 0.309. The Morgan fingerprint density at radius 3 is 1.60 bits per heavy atom. The predicted octanol–water partition coefficient (Wildman–Crippen LogP) is 3.33. The lowest BCUT2D eigenvalue weighted by Crippen LogP contribution is -2.41. The van der Waals surface area contributed by atoms with Crippen LogP contribution in [0.25, 0.3) is 0 Å². The minimum Gasteiger partial charge on any atom is -0.389 e. The van der Waals surface area contributed by atoms with Gasteiger partial charge in [-0.3, -0.25) is 0 Å². The molecule has 2 N–H and O–H groups in total. The van der Waals surface area contributed by atoms with E-state index in [0.717, 1.165) is 11.1 Å². The van der Waals surface area contributed by atoms with Crippen molar-refractivity contribution in [2.24, 2.45) is 5.92 Å². The second-order valence-electron chi connectivity index (χ2n) is 5.64. The van der Waals surface area contributed by atoms with E-state index >= 15 is 0 Å². The number of aliphatic hydroxyl groups excluding tert-OH is 1. The summed E-state index contributed by atoms with van der Waals surface area (Å²) in [4.78, 5) is 0. The van der Waals surface area contributed by atoms with Gasteiger partial charge in [0.2, 0.25) is 0 Å². The summed E-state index contributed by atoms with van der Waals surface area (Å²) in [6, 6.07) is 18.8. The van der Waals surface area contributed by atoms with Gasteiger partial charge in [-0.25, -0.2) is 0 Å². The molecule has 2 nitrogen and oxygen atoms in total. The van der Waals surface area contributed by atoms with Crippen LogP contribution in [-0.2, 0) is 5.60 Å². The molecule has 0 radical (unpaired) electrons. The summed E-state index contributed by atoms with van der Waals surface area (Å²) >= 11 is 0. The third kappa shape index (κ3) is 2.92. The highest BCUT2D eigenvalue weighted by Crippen LogP contribution is 2.35. The van der Waals surface area contributed by atoms with Gasteiger partial charge in [-0.15, -0.1) is 0 Å². The molecule has 0 aliphatic heterocycles. The molecular weight excluding hydrogens is 248 g/mol. The fourth-order valence-corrected chi connectivity index (χ4v) is 2.55. The SMILES string of the molecule is CC(C)CC(O)C(O)(c1ccccc1)c1ccccc1. The van der Waals surface area contributed by atoms with Crippen LogP contribution < -0.4 is 0 Å². The van der Waals surface area contributed by atoms with E-state index in [2.05, 4.69) is 0 Å². The van der Waals surface area contributed by atoms with Gasteiger partial charge in [0.1, 0.15) is 5.60 Å². The van der Waals surface area contributed by atoms with Crippen LogP contribution >= 0.6 is 0 Å². The molecule has 0 bridgehead atoms. The molecule has 0 aliphatic carbocycles. The van der Waals surface area contributed by atoms with Gasteiger partial charge in [-0.2, -0.15) is 0 Å². The second kappa shape index (κ2) is 6.21. The lowest BCUT2D eigenvalue weighted by Gasteiger charge is -2.35. The predicted molar refractivity (Wildman–Crippen MR) is 81.3 cm³/mol. The van der Waals surface area contributed by atoms with Crippen LogP contribution in [0.5, 0.6) is 0 Å². The summed E-state index contributed by atoms with van der Waals surface area (Å²) in [6.45, 7) is 4.08. The molecule has 0 aliphatic rings. The fraction of sp³-hybridized carbons (Fsp3) is 0.333. The van der Waals surface area contributed by atoms with Gasteiger partial charge in [-0.1, -0.05) is 74.5 Å².